The van der Waals surface area contributed by atoms with Crippen LogP contribution in [0.3, 0.4) is 0 Å². The second-order valence-corrected chi connectivity index (χ2v) is 6.61. The van der Waals surface area contributed by atoms with Crippen molar-refractivity contribution in [1.82, 2.24) is 4.72 Å². The van der Waals surface area contributed by atoms with Crippen LogP contribution in [0.5, 0.6) is 0 Å². The molecule has 1 aromatic rings. The fourth-order valence-electron chi connectivity index (χ4n) is 1.98. The van der Waals surface area contributed by atoms with E-state index in [0.29, 0.717) is 19.4 Å². The van der Waals surface area contributed by atoms with Crippen molar-refractivity contribution in [3.8, 4) is 0 Å². The molecule has 0 atom stereocenters. The normalized spacial score (nSPS) is 23.7. The Hall–Kier alpha value is -0.820. The van der Waals surface area contributed by atoms with Gasteiger partial charge in [0, 0.05) is 6.54 Å². The van der Waals surface area contributed by atoms with E-state index >= 15 is 0 Å². The lowest BCUT2D eigenvalue weighted by molar-refractivity contribution is 0.0453. The van der Waals surface area contributed by atoms with Gasteiger partial charge in [-0.15, -0.1) is 0 Å². The summed E-state index contributed by atoms with van der Waals surface area (Å²) in [4.78, 5) is -0.0773. The average Bonchev–Trinajstić information content (AvgIpc) is 2.22. The van der Waals surface area contributed by atoms with Gasteiger partial charge in [0.2, 0.25) is 10.0 Å². The Morgan fingerprint density at radius 1 is 1.44 bits per heavy atom. The van der Waals surface area contributed by atoms with Crippen molar-refractivity contribution < 1.29 is 13.5 Å². The molecule has 0 unspecified atom stereocenters. The highest BCUT2D eigenvalue weighted by molar-refractivity contribution is 7.89. The Bertz CT molecular complexity index is 521. The quantitative estimate of drug-likeness (QED) is 0.721. The largest absolute Gasteiger partial charge is 0.398 e. The first-order valence-corrected chi connectivity index (χ1v) is 7.48. The molecule has 0 saturated heterocycles. The number of nitrogens with one attached hydrogen (secondary N) is 1. The van der Waals surface area contributed by atoms with E-state index in [-0.39, 0.29) is 27.6 Å². The summed E-state index contributed by atoms with van der Waals surface area (Å²) >= 11 is 5.86. The van der Waals surface area contributed by atoms with E-state index in [0.717, 1.165) is 0 Å². The summed E-state index contributed by atoms with van der Waals surface area (Å²) in [5.74, 6) is 0.179. The van der Waals surface area contributed by atoms with Crippen molar-refractivity contribution >= 4 is 27.3 Å². The standard InChI is InChI=1S/C11H15ClN2O3S/c12-9-2-1-3-10(13)11(9)18(16,17)14-6-7-4-8(15)5-7/h1-3,7-8,14-15H,4-6,13H2. The van der Waals surface area contributed by atoms with E-state index in [1.165, 1.54) is 12.1 Å². The maximum atomic E-state index is 12.1. The molecule has 0 bridgehead atoms. The summed E-state index contributed by atoms with van der Waals surface area (Å²) in [5, 5.41) is 9.24. The molecule has 1 saturated carbocycles. The third kappa shape index (κ3) is 2.77. The van der Waals surface area contributed by atoms with Gasteiger partial charge in [0.15, 0.2) is 0 Å². The highest BCUT2D eigenvalue weighted by atomic mass is 35.5. The number of nitrogen functional groups attached to an aromatic ring is 1. The van der Waals surface area contributed by atoms with Crippen LogP contribution in [0.1, 0.15) is 12.8 Å². The number of hydrogen-bond acceptors (Lipinski definition) is 4. The number of sulfonamides is 1. The number of nitrogens with two attached hydrogens (primary N) is 1. The Labute approximate surface area is 111 Å². The molecule has 5 nitrogen and oxygen atoms in total. The molecule has 1 aliphatic rings. The van der Waals surface area contributed by atoms with E-state index in [1.807, 2.05) is 0 Å². The molecule has 18 heavy (non-hydrogen) atoms. The Morgan fingerprint density at radius 2 is 2.11 bits per heavy atom. The third-order valence-corrected chi connectivity index (χ3v) is 5.01. The summed E-state index contributed by atoms with van der Waals surface area (Å²) in [7, 11) is -3.70. The van der Waals surface area contributed by atoms with Gasteiger partial charge in [-0.05, 0) is 30.9 Å². The summed E-state index contributed by atoms with van der Waals surface area (Å²) in [5.41, 5.74) is 5.77. The van der Waals surface area contributed by atoms with Crippen LogP contribution in [-0.4, -0.2) is 26.2 Å². The predicted octanol–water partition coefficient (Wildman–Crippen LogP) is 0.971. The molecule has 0 aliphatic heterocycles. The molecule has 4 N–H and O–H groups in total. The van der Waals surface area contributed by atoms with Gasteiger partial charge in [0.1, 0.15) is 4.90 Å². The van der Waals surface area contributed by atoms with E-state index in [9.17, 15) is 8.42 Å². The van der Waals surface area contributed by atoms with Gasteiger partial charge in [-0.2, -0.15) is 0 Å². The van der Waals surface area contributed by atoms with Crippen LogP contribution in [-0.2, 0) is 10.0 Å². The van der Waals surface area contributed by atoms with Crippen LogP contribution < -0.4 is 10.5 Å². The van der Waals surface area contributed by atoms with Gasteiger partial charge < -0.3 is 10.8 Å². The second kappa shape index (κ2) is 5.05. The van der Waals surface area contributed by atoms with E-state index < -0.39 is 10.0 Å². The average molecular weight is 291 g/mol. The molecule has 1 aliphatic carbocycles. The zero-order chi connectivity index (χ0) is 13.3. The van der Waals surface area contributed by atoms with Crippen LogP contribution in [0.15, 0.2) is 23.1 Å². The smallest absolute Gasteiger partial charge is 0.244 e. The van der Waals surface area contributed by atoms with Crippen molar-refractivity contribution in [1.29, 1.82) is 0 Å². The molecule has 0 spiro atoms. The van der Waals surface area contributed by atoms with Gasteiger partial charge in [-0.1, -0.05) is 17.7 Å². The first-order chi connectivity index (χ1) is 8.40. The predicted molar refractivity (Wildman–Crippen MR) is 69.8 cm³/mol. The zero-order valence-electron chi connectivity index (χ0n) is 9.64. The molecule has 2 rings (SSSR count). The number of hydrogen-bond donors (Lipinski definition) is 3. The molecule has 0 heterocycles. The number of rotatable bonds is 4. The monoisotopic (exact) mass is 290 g/mol. The van der Waals surface area contributed by atoms with Crippen molar-refractivity contribution in [3.63, 3.8) is 0 Å². The molecule has 100 valence electrons. The molecule has 0 radical (unpaired) electrons. The van der Waals surface area contributed by atoms with Crippen LogP contribution >= 0.6 is 11.6 Å². The number of benzene rings is 1. The summed E-state index contributed by atoms with van der Waals surface area (Å²) in [6.45, 7) is 0.296. The number of halogens is 1. The third-order valence-electron chi connectivity index (χ3n) is 3.04. The minimum absolute atomic E-state index is 0.0773. The molecular weight excluding hydrogens is 276 g/mol. The highest BCUT2D eigenvalue weighted by Crippen LogP contribution is 2.29. The minimum Gasteiger partial charge on any atom is -0.398 e. The second-order valence-electron chi connectivity index (χ2n) is 4.50. The van der Waals surface area contributed by atoms with Gasteiger partial charge in [0.05, 0.1) is 16.8 Å². The van der Waals surface area contributed by atoms with Crippen LogP contribution in [0.25, 0.3) is 0 Å². The number of aliphatic hydroxyl groups excluding tert-OH is 1. The summed E-state index contributed by atoms with van der Waals surface area (Å²) < 4.78 is 26.6. The molecular formula is C11H15ClN2O3S. The van der Waals surface area contributed by atoms with E-state index in [1.54, 1.807) is 6.07 Å². The SMILES string of the molecule is Nc1cccc(Cl)c1S(=O)(=O)NCC1CC(O)C1. The molecule has 7 heteroatoms. The van der Waals surface area contributed by atoms with Crippen molar-refractivity contribution in [3.05, 3.63) is 23.2 Å². The highest BCUT2D eigenvalue weighted by Gasteiger charge is 2.29. The van der Waals surface area contributed by atoms with Crippen molar-refractivity contribution in [2.24, 2.45) is 5.92 Å². The van der Waals surface area contributed by atoms with E-state index in [4.69, 9.17) is 22.4 Å². The van der Waals surface area contributed by atoms with Gasteiger partial charge >= 0.3 is 0 Å². The number of aliphatic hydroxyl groups is 1. The topological polar surface area (TPSA) is 92.4 Å². The minimum atomic E-state index is -3.70. The van der Waals surface area contributed by atoms with Gasteiger partial charge in [-0.25, -0.2) is 13.1 Å². The Kier molecular flexibility index (Phi) is 3.82. The maximum Gasteiger partial charge on any atom is 0.244 e. The molecule has 0 amide bonds. The first-order valence-electron chi connectivity index (χ1n) is 5.62. The van der Waals surface area contributed by atoms with Crippen molar-refractivity contribution in [2.75, 3.05) is 12.3 Å². The maximum absolute atomic E-state index is 12.1. The van der Waals surface area contributed by atoms with Gasteiger partial charge in [0.25, 0.3) is 0 Å². The zero-order valence-corrected chi connectivity index (χ0v) is 11.2. The van der Waals surface area contributed by atoms with Gasteiger partial charge in [-0.3, -0.25) is 0 Å². The summed E-state index contributed by atoms with van der Waals surface area (Å²) in [6, 6.07) is 4.58. The number of anilines is 1. The van der Waals surface area contributed by atoms with Crippen LogP contribution in [0.4, 0.5) is 5.69 Å². The Balaban J connectivity index is 2.11. The summed E-state index contributed by atoms with van der Waals surface area (Å²) in [6.07, 6.45) is 0.950. The molecule has 1 fully saturated rings. The first kappa shape index (κ1) is 13.6. The molecule has 0 aromatic heterocycles. The van der Waals surface area contributed by atoms with Crippen LogP contribution in [0, 0.1) is 5.92 Å². The lowest BCUT2D eigenvalue weighted by Crippen LogP contribution is -2.38. The van der Waals surface area contributed by atoms with E-state index in [2.05, 4.69) is 4.72 Å². The molecule has 1 aromatic carbocycles. The fourth-order valence-corrected chi connectivity index (χ4v) is 3.77. The Morgan fingerprint density at radius 3 is 2.67 bits per heavy atom. The van der Waals surface area contributed by atoms with Crippen LogP contribution in [0.2, 0.25) is 5.02 Å². The lowest BCUT2D eigenvalue weighted by Gasteiger charge is -2.31. The van der Waals surface area contributed by atoms with Crippen molar-refractivity contribution in [2.45, 2.75) is 23.8 Å². The lowest BCUT2D eigenvalue weighted by atomic mass is 9.83. The fraction of sp³-hybridized carbons (Fsp3) is 0.455.